The van der Waals surface area contributed by atoms with Gasteiger partial charge in [-0.2, -0.15) is 4.31 Å². The molecule has 1 fully saturated rings. The van der Waals surface area contributed by atoms with Crippen LogP contribution in [0.3, 0.4) is 0 Å². The third-order valence-corrected chi connectivity index (χ3v) is 6.66. The summed E-state index contributed by atoms with van der Waals surface area (Å²) in [6.07, 6.45) is 0. The Labute approximate surface area is 185 Å². The molecule has 1 saturated heterocycles. The van der Waals surface area contributed by atoms with E-state index in [9.17, 15) is 18.5 Å². The summed E-state index contributed by atoms with van der Waals surface area (Å²) in [5.41, 5.74) is -0.441. The molecule has 4 rings (SSSR count). The molecular formula is C22H20N2O7S. The molecule has 0 amide bonds. The van der Waals surface area contributed by atoms with Crippen molar-refractivity contribution in [1.29, 1.82) is 0 Å². The number of nitro groups is 1. The molecule has 0 aliphatic carbocycles. The number of hydrogen-bond acceptors (Lipinski definition) is 7. The molecule has 1 heterocycles. The van der Waals surface area contributed by atoms with Crippen molar-refractivity contribution in [2.24, 2.45) is 0 Å². The minimum atomic E-state index is -3.87. The lowest BCUT2D eigenvalue weighted by Crippen LogP contribution is -2.40. The van der Waals surface area contributed by atoms with Crippen LogP contribution in [0.2, 0.25) is 0 Å². The van der Waals surface area contributed by atoms with Gasteiger partial charge in [0.05, 0.1) is 23.0 Å². The van der Waals surface area contributed by atoms with Gasteiger partial charge in [-0.25, -0.2) is 8.42 Å². The summed E-state index contributed by atoms with van der Waals surface area (Å²) in [7, 11) is -3.87. The summed E-state index contributed by atoms with van der Waals surface area (Å²) in [4.78, 5) is 10.8. The van der Waals surface area contributed by atoms with Crippen molar-refractivity contribution in [1.82, 2.24) is 4.31 Å². The standard InChI is InChI=1S/C22H20N2O7S/c25-24(26)21-16-20(32(27,28)23-12-14-29-15-13-23)10-11-22(21)31-19-8-6-18(7-9-19)30-17-4-2-1-3-5-17/h1-11,16H,12-15H2. The van der Waals surface area contributed by atoms with Crippen molar-refractivity contribution < 1.29 is 27.6 Å². The molecule has 0 spiro atoms. The molecule has 0 aromatic heterocycles. The average Bonchev–Trinajstić information content (AvgIpc) is 2.81. The quantitative estimate of drug-likeness (QED) is 0.387. The van der Waals surface area contributed by atoms with Crippen molar-refractivity contribution in [3.63, 3.8) is 0 Å². The van der Waals surface area contributed by atoms with Gasteiger partial charge in [0.25, 0.3) is 0 Å². The molecule has 0 radical (unpaired) electrons. The van der Waals surface area contributed by atoms with Crippen LogP contribution < -0.4 is 9.47 Å². The Hall–Kier alpha value is -3.47. The van der Waals surface area contributed by atoms with Gasteiger partial charge < -0.3 is 14.2 Å². The minimum Gasteiger partial charge on any atom is -0.457 e. The first kappa shape index (κ1) is 21.8. The number of sulfonamides is 1. The Balaban J connectivity index is 1.54. The average molecular weight is 456 g/mol. The van der Waals surface area contributed by atoms with E-state index in [-0.39, 0.29) is 36.9 Å². The molecule has 9 nitrogen and oxygen atoms in total. The number of para-hydroxylation sites is 1. The van der Waals surface area contributed by atoms with Crippen molar-refractivity contribution in [3.05, 3.63) is 82.9 Å². The first-order valence-corrected chi connectivity index (χ1v) is 11.2. The number of nitrogens with zero attached hydrogens (tertiary/aromatic N) is 2. The highest BCUT2D eigenvalue weighted by Gasteiger charge is 2.29. The molecule has 10 heteroatoms. The Morgan fingerprint density at radius 1 is 0.844 bits per heavy atom. The normalized spacial score (nSPS) is 14.6. The number of hydrogen-bond donors (Lipinski definition) is 0. The highest BCUT2D eigenvalue weighted by Crippen LogP contribution is 2.35. The van der Waals surface area contributed by atoms with Crippen LogP contribution in [0.5, 0.6) is 23.0 Å². The fourth-order valence-corrected chi connectivity index (χ4v) is 4.58. The van der Waals surface area contributed by atoms with Gasteiger partial charge in [0.1, 0.15) is 17.2 Å². The number of nitro benzene ring substituents is 1. The fraction of sp³-hybridized carbons (Fsp3) is 0.182. The van der Waals surface area contributed by atoms with Gasteiger partial charge in [0, 0.05) is 19.2 Å². The van der Waals surface area contributed by atoms with Crippen molar-refractivity contribution in [2.75, 3.05) is 26.3 Å². The second-order valence-corrected chi connectivity index (χ2v) is 8.83. The number of benzene rings is 3. The maximum absolute atomic E-state index is 12.8. The molecule has 1 aliphatic heterocycles. The summed E-state index contributed by atoms with van der Waals surface area (Å²) < 4.78 is 43.4. The molecule has 166 valence electrons. The zero-order valence-corrected chi connectivity index (χ0v) is 17.7. The second kappa shape index (κ2) is 9.35. The van der Waals surface area contributed by atoms with Crippen LogP contribution in [0.15, 0.2) is 77.7 Å². The zero-order chi connectivity index (χ0) is 22.6. The third-order valence-electron chi connectivity index (χ3n) is 4.77. The van der Waals surface area contributed by atoms with Crippen molar-refractivity contribution in [2.45, 2.75) is 4.90 Å². The summed E-state index contributed by atoms with van der Waals surface area (Å²) >= 11 is 0. The van der Waals surface area contributed by atoms with E-state index in [0.29, 0.717) is 17.2 Å². The molecule has 0 unspecified atom stereocenters. The van der Waals surface area contributed by atoms with E-state index in [0.717, 1.165) is 6.07 Å². The predicted octanol–water partition coefficient (Wildman–Crippen LogP) is 4.20. The molecule has 0 bridgehead atoms. The number of ether oxygens (including phenoxy) is 3. The minimum absolute atomic E-state index is 0.0624. The Kier molecular flexibility index (Phi) is 6.35. The van der Waals surface area contributed by atoms with Crippen LogP contribution in [-0.4, -0.2) is 43.9 Å². The second-order valence-electron chi connectivity index (χ2n) is 6.89. The Bertz CT molecular complexity index is 1190. The van der Waals surface area contributed by atoms with Crippen LogP contribution >= 0.6 is 0 Å². The molecule has 3 aromatic carbocycles. The van der Waals surface area contributed by atoms with Gasteiger partial charge in [-0.15, -0.1) is 0 Å². The largest absolute Gasteiger partial charge is 0.457 e. The summed E-state index contributed by atoms with van der Waals surface area (Å²) in [5, 5.41) is 11.6. The monoisotopic (exact) mass is 456 g/mol. The lowest BCUT2D eigenvalue weighted by atomic mass is 10.3. The fourth-order valence-electron chi connectivity index (χ4n) is 3.15. The van der Waals surface area contributed by atoms with E-state index in [1.807, 2.05) is 30.3 Å². The smallest absolute Gasteiger partial charge is 0.312 e. The Morgan fingerprint density at radius 3 is 2.06 bits per heavy atom. The van der Waals surface area contributed by atoms with Crippen molar-refractivity contribution in [3.8, 4) is 23.0 Å². The van der Waals surface area contributed by atoms with Gasteiger partial charge in [0.2, 0.25) is 15.8 Å². The van der Waals surface area contributed by atoms with Gasteiger partial charge in [0.15, 0.2) is 0 Å². The lowest BCUT2D eigenvalue weighted by Gasteiger charge is -2.26. The van der Waals surface area contributed by atoms with Crippen LogP contribution in [0.1, 0.15) is 0 Å². The molecule has 1 aliphatic rings. The van der Waals surface area contributed by atoms with Gasteiger partial charge in [-0.05, 0) is 48.5 Å². The number of rotatable bonds is 7. The first-order valence-electron chi connectivity index (χ1n) is 9.81. The maximum Gasteiger partial charge on any atom is 0.312 e. The van der Waals surface area contributed by atoms with E-state index in [2.05, 4.69) is 0 Å². The third kappa shape index (κ3) is 4.88. The Morgan fingerprint density at radius 2 is 1.44 bits per heavy atom. The molecule has 0 N–H and O–H groups in total. The van der Waals surface area contributed by atoms with Crippen molar-refractivity contribution >= 4 is 15.7 Å². The molecular weight excluding hydrogens is 436 g/mol. The predicted molar refractivity (Wildman–Crippen MR) is 116 cm³/mol. The topological polar surface area (TPSA) is 108 Å². The molecule has 0 saturated carbocycles. The summed E-state index contributed by atoms with van der Waals surface area (Å²) in [6, 6.07) is 19.4. The van der Waals surface area contributed by atoms with Crippen LogP contribution in [-0.2, 0) is 14.8 Å². The van der Waals surface area contributed by atoms with Gasteiger partial charge in [-0.3, -0.25) is 10.1 Å². The van der Waals surface area contributed by atoms with E-state index in [4.69, 9.17) is 14.2 Å². The van der Waals surface area contributed by atoms with Crippen LogP contribution in [0.4, 0.5) is 5.69 Å². The first-order chi connectivity index (χ1) is 15.4. The highest BCUT2D eigenvalue weighted by atomic mass is 32.2. The lowest BCUT2D eigenvalue weighted by molar-refractivity contribution is -0.385. The molecule has 32 heavy (non-hydrogen) atoms. The number of morpholine rings is 1. The molecule has 3 aromatic rings. The van der Waals surface area contributed by atoms with Gasteiger partial charge >= 0.3 is 5.69 Å². The molecule has 0 atom stereocenters. The zero-order valence-electron chi connectivity index (χ0n) is 16.9. The summed E-state index contributed by atoms with van der Waals surface area (Å²) in [6.45, 7) is 0.969. The van der Waals surface area contributed by atoms with E-state index in [1.54, 1.807) is 24.3 Å². The van der Waals surface area contributed by atoms with Crippen LogP contribution in [0, 0.1) is 10.1 Å². The van der Waals surface area contributed by atoms with Crippen LogP contribution in [0.25, 0.3) is 0 Å². The summed E-state index contributed by atoms with van der Waals surface area (Å²) in [5.74, 6) is 1.53. The van der Waals surface area contributed by atoms with Gasteiger partial charge in [-0.1, -0.05) is 18.2 Å². The van der Waals surface area contributed by atoms with E-state index in [1.165, 1.54) is 16.4 Å². The highest BCUT2D eigenvalue weighted by molar-refractivity contribution is 7.89. The maximum atomic E-state index is 12.8. The van der Waals surface area contributed by atoms with E-state index < -0.39 is 20.6 Å². The SMILES string of the molecule is O=[N+]([O-])c1cc(S(=O)(=O)N2CCOCC2)ccc1Oc1ccc(Oc2ccccc2)cc1. The van der Waals surface area contributed by atoms with E-state index >= 15 is 0 Å².